The Morgan fingerprint density at radius 3 is 2.03 bits per heavy atom. The van der Waals surface area contributed by atoms with Crippen LogP contribution in [0.25, 0.3) is 0 Å². The highest BCUT2D eigenvalue weighted by molar-refractivity contribution is 6.04. The minimum absolute atomic E-state index is 0.0884. The van der Waals surface area contributed by atoms with E-state index >= 15 is 0 Å². The van der Waals surface area contributed by atoms with Crippen molar-refractivity contribution < 1.29 is 23.9 Å². The molecule has 3 rings (SSSR count). The Bertz CT molecular complexity index is 1160. The molecule has 0 saturated heterocycles. The fourth-order valence-electron chi connectivity index (χ4n) is 3.49. The number of ether oxygens (including phenoxy) is 2. The first-order chi connectivity index (χ1) is 16.4. The Morgan fingerprint density at radius 2 is 1.41 bits per heavy atom. The van der Waals surface area contributed by atoms with Gasteiger partial charge in [0.15, 0.2) is 17.3 Å². The first-order valence-electron chi connectivity index (χ1n) is 10.9. The SMILES string of the molecule is COc1cc(NC(=O)CCc2ccc(NC(=O)Cc3ccccc3)cc2)c(C(C)=O)cc1OC. The van der Waals surface area contributed by atoms with Crippen LogP contribution in [0, 0.1) is 0 Å². The van der Waals surface area contributed by atoms with Gasteiger partial charge >= 0.3 is 0 Å². The number of anilines is 2. The smallest absolute Gasteiger partial charge is 0.228 e. The normalized spacial score (nSPS) is 10.3. The van der Waals surface area contributed by atoms with E-state index in [2.05, 4.69) is 10.6 Å². The van der Waals surface area contributed by atoms with Gasteiger partial charge in [0.2, 0.25) is 11.8 Å². The number of aryl methyl sites for hydroxylation is 1. The van der Waals surface area contributed by atoms with Crippen LogP contribution in [-0.4, -0.2) is 31.8 Å². The number of Topliss-reactive ketones (excluding diaryl/α,β-unsaturated/α-hetero) is 1. The van der Waals surface area contributed by atoms with Gasteiger partial charge < -0.3 is 20.1 Å². The summed E-state index contributed by atoms with van der Waals surface area (Å²) in [5.74, 6) is 0.333. The minimum atomic E-state index is -0.227. The third-order valence-electron chi connectivity index (χ3n) is 5.26. The summed E-state index contributed by atoms with van der Waals surface area (Å²) < 4.78 is 10.5. The van der Waals surface area contributed by atoms with Crippen molar-refractivity contribution >= 4 is 29.0 Å². The average molecular weight is 461 g/mol. The van der Waals surface area contributed by atoms with Gasteiger partial charge in [-0.1, -0.05) is 42.5 Å². The van der Waals surface area contributed by atoms with Gasteiger partial charge in [-0.2, -0.15) is 0 Å². The molecule has 3 aromatic carbocycles. The highest BCUT2D eigenvalue weighted by Crippen LogP contribution is 2.33. The zero-order valence-electron chi connectivity index (χ0n) is 19.5. The van der Waals surface area contributed by atoms with Gasteiger partial charge in [-0.15, -0.1) is 0 Å². The molecule has 0 fully saturated rings. The van der Waals surface area contributed by atoms with E-state index in [9.17, 15) is 14.4 Å². The van der Waals surface area contributed by atoms with Crippen LogP contribution in [0.2, 0.25) is 0 Å². The topological polar surface area (TPSA) is 93.7 Å². The van der Waals surface area contributed by atoms with Crippen molar-refractivity contribution in [2.75, 3.05) is 24.9 Å². The number of ketones is 1. The van der Waals surface area contributed by atoms with Gasteiger partial charge in [0, 0.05) is 23.7 Å². The molecule has 0 aromatic heterocycles. The summed E-state index contributed by atoms with van der Waals surface area (Å²) in [4.78, 5) is 36.8. The molecule has 2 N–H and O–H groups in total. The first-order valence-corrected chi connectivity index (χ1v) is 10.9. The molecule has 0 saturated carbocycles. The largest absolute Gasteiger partial charge is 0.493 e. The summed E-state index contributed by atoms with van der Waals surface area (Å²) in [6.07, 6.45) is 1.04. The molecule has 0 aliphatic heterocycles. The standard InChI is InChI=1S/C27H28N2O5/c1-18(30)22-16-24(33-2)25(34-3)17-23(22)29-26(31)14-11-19-9-12-21(13-10-19)28-27(32)15-20-7-5-4-6-8-20/h4-10,12-13,16-17H,11,14-15H2,1-3H3,(H,28,32)(H,29,31). The van der Waals surface area contributed by atoms with Crippen LogP contribution >= 0.6 is 0 Å². The van der Waals surface area contributed by atoms with Crippen molar-refractivity contribution in [2.24, 2.45) is 0 Å². The van der Waals surface area contributed by atoms with Crippen LogP contribution < -0.4 is 20.1 Å². The van der Waals surface area contributed by atoms with Gasteiger partial charge in [-0.25, -0.2) is 0 Å². The highest BCUT2D eigenvalue weighted by atomic mass is 16.5. The van der Waals surface area contributed by atoms with Crippen LogP contribution in [0.15, 0.2) is 66.7 Å². The summed E-state index contributed by atoms with van der Waals surface area (Å²) in [5.41, 5.74) is 3.33. The number of rotatable bonds is 10. The number of carbonyl (C=O) groups excluding carboxylic acids is 3. The molecule has 0 aliphatic rings. The van der Waals surface area contributed by atoms with Crippen LogP contribution in [0.1, 0.15) is 34.8 Å². The molecule has 0 spiro atoms. The Morgan fingerprint density at radius 1 is 0.765 bits per heavy atom. The zero-order valence-corrected chi connectivity index (χ0v) is 19.5. The lowest BCUT2D eigenvalue weighted by molar-refractivity contribution is -0.116. The van der Waals surface area contributed by atoms with E-state index in [1.165, 1.54) is 21.1 Å². The number of benzene rings is 3. The number of methoxy groups -OCH3 is 2. The van der Waals surface area contributed by atoms with E-state index < -0.39 is 0 Å². The van der Waals surface area contributed by atoms with Crippen molar-refractivity contribution in [2.45, 2.75) is 26.2 Å². The Kier molecular flexibility index (Phi) is 8.40. The van der Waals surface area contributed by atoms with E-state index in [1.807, 2.05) is 54.6 Å². The summed E-state index contributed by atoms with van der Waals surface area (Å²) in [6, 6.07) is 20.1. The first kappa shape index (κ1) is 24.5. The van der Waals surface area contributed by atoms with Crippen LogP contribution in [0.4, 0.5) is 11.4 Å². The van der Waals surface area contributed by atoms with Crippen LogP contribution in [-0.2, 0) is 22.4 Å². The number of nitrogens with one attached hydrogen (secondary N) is 2. The molecule has 0 heterocycles. The Labute approximate surface area is 199 Å². The van der Waals surface area contributed by atoms with Gasteiger partial charge in [0.25, 0.3) is 0 Å². The molecule has 0 radical (unpaired) electrons. The van der Waals surface area contributed by atoms with Gasteiger partial charge in [0.05, 0.1) is 26.3 Å². The highest BCUT2D eigenvalue weighted by Gasteiger charge is 2.16. The Hall–Kier alpha value is -4.13. The Balaban J connectivity index is 1.56. The third kappa shape index (κ3) is 6.68. The molecule has 7 nitrogen and oxygen atoms in total. The van der Waals surface area contributed by atoms with Crippen molar-refractivity contribution in [1.29, 1.82) is 0 Å². The van der Waals surface area contributed by atoms with Crippen molar-refractivity contribution in [1.82, 2.24) is 0 Å². The zero-order chi connectivity index (χ0) is 24.5. The van der Waals surface area contributed by atoms with E-state index in [1.54, 1.807) is 12.1 Å². The fraction of sp³-hybridized carbons (Fsp3) is 0.222. The second-order valence-electron chi connectivity index (χ2n) is 7.76. The third-order valence-corrected chi connectivity index (χ3v) is 5.26. The quantitative estimate of drug-likeness (QED) is 0.429. The minimum Gasteiger partial charge on any atom is -0.493 e. The maximum atomic E-state index is 12.5. The van der Waals surface area contributed by atoms with E-state index in [4.69, 9.17) is 9.47 Å². The second kappa shape index (κ2) is 11.7. The lowest BCUT2D eigenvalue weighted by Gasteiger charge is -2.14. The molecule has 3 aromatic rings. The molecule has 2 amide bonds. The number of hydrogen-bond acceptors (Lipinski definition) is 5. The molecule has 7 heteroatoms. The van der Waals surface area contributed by atoms with Crippen LogP contribution in [0.5, 0.6) is 11.5 Å². The summed E-state index contributed by atoms with van der Waals surface area (Å²) in [7, 11) is 2.98. The summed E-state index contributed by atoms with van der Waals surface area (Å²) in [5, 5.41) is 5.68. The number of carbonyl (C=O) groups is 3. The average Bonchev–Trinajstić information content (AvgIpc) is 2.83. The van der Waals surface area contributed by atoms with E-state index in [-0.39, 0.29) is 24.0 Å². The van der Waals surface area contributed by atoms with Crippen molar-refractivity contribution in [3.63, 3.8) is 0 Å². The predicted molar refractivity (Wildman–Crippen MR) is 132 cm³/mol. The van der Waals surface area contributed by atoms with Gasteiger partial charge in [0.1, 0.15) is 0 Å². The van der Waals surface area contributed by atoms with Crippen molar-refractivity contribution in [3.8, 4) is 11.5 Å². The predicted octanol–water partition coefficient (Wildman–Crippen LogP) is 4.66. The van der Waals surface area contributed by atoms with E-state index in [0.29, 0.717) is 41.3 Å². The molecule has 0 unspecified atom stereocenters. The molecule has 0 aliphatic carbocycles. The van der Waals surface area contributed by atoms with Gasteiger partial charge in [-0.3, -0.25) is 14.4 Å². The maximum Gasteiger partial charge on any atom is 0.228 e. The van der Waals surface area contributed by atoms with E-state index in [0.717, 1.165) is 11.1 Å². The molecular formula is C27H28N2O5. The molecular weight excluding hydrogens is 432 g/mol. The molecule has 0 atom stereocenters. The lowest BCUT2D eigenvalue weighted by Crippen LogP contribution is -2.15. The van der Waals surface area contributed by atoms with Crippen molar-refractivity contribution in [3.05, 3.63) is 83.4 Å². The number of hydrogen-bond donors (Lipinski definition) is 2. The summed E-state index contributed by atoms with van der Waals surface area (Å²) >= 11 is 0. The number of amides is 2. The monoisotopic (exact) mass is 460 g/mol. The molecule has 0 bridgehead atoms. The van der Waals surface area contributed by atoms with Crippen LogP contribution in [0.3, 0.4) is 0 Å². The molecule has 34 heavy (non-hydrogen) atoms. The van der Waals surface area contributed by atoms with Gasteiger partial charge in [-0.05, 0) is 42.7 Å². The second-order valence-corrected chi connectivity index (χ2v) is 7.76. The fourth-order valence-corrected chi connectivity index (χ4v) is 3.49. The lowest BCUT2D eigenvalue weighted by atomic mass is 10.1. The summed E-state index contributed by atoms with van der Waals surface area (Å²) in [6.45, 7) is 1.43. The maximum absolute atomic E-state index is 12.5. The molecule has 176 valence electrons.